The van der Waals surface area contributed by atoms with E-state index in [0.717, 1.165) is 6.07 Å². The third-order valence-corrected chi connectivity index (χ3v) is 3.50. The van der Waals surface area contributed by atoms with Gasteiger partial charge in [-0.3, -0.25) is 4.79 Å². The van der Waals surface area contributed by atoms with Crippen LogP contribution in [-0.4, -0.2) is 37.0 Å². The lowest BCUT2D eigenvalue weighted by atomic mass is 10.1. The van der Waals surface area contributed by atoms with E-state index in [0.29, 0.717) is 26.2 Å². The van der Waals surface area contributed by atoms with E-state index in [1.165, 1.54) is 19.1 Å². The molecule has 112 valence electrons. The van der Waals surface area contributed by atoms with E-state index in [9.17, 15) is 18.0 Å². The minimum atomic E-state index is -4.51. The molecule has 1 heterocycles. The van der Waals surface area contributed by atoms with Crippen molar-refractivity contribution in [2.45, 2.75) is 13.1 Å². The van der Waals surface area contributed by atoms with E-state index >= 15 is 0 Å². The summed E-state index contributed by atoms with van der Waals surface area (Å²) in [6, 6.07) is 5.29. The summed E-state index contributed by atoms with van der Waals surface area (Å²) in [6.07, 6.45) is -4.51. The van der Waals surface area contributed by atoms with Crippen molar-refractivity contribution in [3.63, 3.8) is 0 Å². The van der Waals surface area contributed by atoms with E-state index in [1.54, 1.807) is 15.9 Å². The van der Waals surface area contributed by atoms with Crippen molar-refractivity contribution in [1.29, 1.82) is 5.26 Å². The fourth-order valence-corrected chi connectivity index (χ4v) is 2.37. The van der Waals surface area contributed by atoms with Gasteiger partial charge in [0.15, 0.2) is 0 Å². The van der Waals surface area contributed by atoms with Crippen molar-refractivity contribution >= 4 is 11.6 Å². The fraction of sp³-hybridized carbons (Fsp3) is 0.429. The van der Waals surface area contributed by atoms with Gasteiger partial charge in [0.2, 0.25) is 5.91 Å². The molecule has 2 rings (SSSR count). The first-order valence-corrected chi connectivity index (χ1v) is 6.44. The summed E-state index contributed by atoms with van der Waals surface area (Å²) >= 11 is 0. The monoisotopic (exact) mass is 297 g/mol. The molecular formula is C14H14F3N3O. The zero-order valence-electron chi connectivity index (χ0n) is 11.4. The third kappa shape index (κ3) is 3.27. The predicted octanol–water partition coefficient (Wildman–Crippen LogP) is 2.25. The van der Waals surface area contributed by atoms with Crippen molar-refractivity contribution in [2.75, 3.05) is 31.1 Å². The zero-order valence-corrected chi connectivity index (χ0v) is 11.4. The number of hydrogen-bond acceptors (Lipinski definition) is 3. The number of nitriles is 1. The first-order valence-electron chi connectivity index (χ1n) is 6.44. The number of nitrogens with zero attached hydrogens (tertiary/aromatic N) is 3. The average Bonchev–Trinajstić information content (AvgIpc) is 2.46. The second-order valence-corrected chi connectivity index (χ2v) is 4.83. The first-order chi connectivity index (χ1) is 9.82. The van der Waals surface area contributed by atoms with Crippen LogP contribution in [0.1, 0.15) is 18.1 Å². The number of rotatable bonds is 1. The topological polar surface area (TPSA) is 47.3 Å². The smallest absolute Gasteiger partial charge is 0.367 e. The fourth-order valence-electron chi connectivity index (χ4n) is 2.37. The lowest BCUT2D eigenvalue weighted by Gasteiger charge is -2.36. The van der Waals surface area contributed by atoms with Gasteiger partial charge in [-0.1, -0.05) is 0 Å². The number of hydrogen-bond donors (Lipinski definition) is 0. The molecule has 0 spiro atoms. The Bertz CT molecular complexity index is 584. The molecule has 0 unspecified atom stereocenters. The number of amides is 1. The summed E-state index contributed by atoms with van der Waals surface area (Å²) in [6.45, 7) is 2.92. The highest BCUT2D eigenvalue weighted by Gasteiger charge is 2.36. The largest absolute Gasteiger partial charge is 0.418 e. The molecule has 0 bridgehead atoms. The summed E-state index contributed by atoms with van der Waals surface area (Å²) < 4.78 is 39.4. The molecule has 1 aromatic rings. The van der Waals surface area contributed by atoms with Crippen molar-refractivity contribution in [1.82, 2.24) is 4.90 Å². The van der Waals surface area contributed by atoms with Crippen LogP contribution < -0.4 is 4.90 Å². The zero-order chi connectivity index (χ0) is 15.6. The molecule has 0 atom stereocenters. The molecule has 7 heteroatoms. The number of alkyl halides is 3. The third-order valence-electron chi connectivity index (χ3n) is 3.50. The van der Waals surface area contributed by atoms with Gasteiger partial charge in [0.05, 0.1) is 17.2 Å². The van der Waals surface area contributed by atoms with Crippen molar-refractivity contribution in [3.8, 4) is 6.07 Å². The van der Waals surface area contributed by atoms with Gasteiger partial charge in [0.25, 0.3) is 0 Å². The van der Waals surface area contributed by atoms with Gasteiger partial charge in [0, 0.05) is 38.8 Å². The maximum atomic E-state index is 13.1. The Morgan fingerprint density at radius 3 is 2.33 bits per heavy atom. The van der Waals surface area contributed by atoms with E-state index in [4.69, 9.17) is 5.26 Å². The maximum Gasteiger partial charge on any atom is 0.418 e. The Kier molecular flexibility index (Phi) is 4.07. The van der Waals surface area contributed by atoms with Crippen LogP contribution in [-0.2, 0) is 11.0 Å². The molecule has 1 aliphatic rings. The SMILES string of the molecule is CC(=O)N1CCN(c2ccc(C#N)cc2C(F)(F)F)CC1. The van der Waals surface area contributed by atoms with Gasteiger partial charge in [0.1, 0.15) is 0 Å². The molecule has 21 heavy (non-hydrogen) atoms. The Hall–Kier alpha value is -2.23. The van der Waals surface area contributed by atoms with E-state index < -0.39 is 11.7 Å². The van der Waals surface area contributed by atoms with Crippen molar-refractivity contribution in [2.24, 2.45) is 0 Å². The van der Waals surface area contributed by atoms with Gasteiger partial charge in [-0.25, -0.2) is 0 Å². The summed E-state index contributed by atoms with van der Waals surface area (Å²) in [7, 11) is 0. The molecule has 1 amide bonds. The molecule has 0 aromatic heterocycles. The van der Waals surface area contributed by atoms with Crippen LogP contribution in [0.5, 0.6) is 0 Å². The number of benzene rings is 1. The van der Waals surface area contributed by atoms with Crippen LogP contribution in [0.25, 0.3) is 0 Å². The summed E-state index contributed by atoms with van der Waals surface area (Å²) in [5, 5.41) is 8.75. The van der Waals surface area contributed by atoms with Crippen LogP contribution in [0.2, 0.25) is 0 Å². The quantitative estimate of drug-likeness (QED) is 0.798. The van der Waals surface area contributed by atoms with Gasteiger partial charge in [-0.15, -0.1) is 0 Å². The van der Waals surface area contributed by atoms with Gasteiger partial charge in [-0.05, 0) is 18.2 Å². The molecule has 1 saturated heterocycles. The molecule has 1 fully saturated rings. The number of carbonyl (C=O) groups is 1. The Morgan fingerprint density at radius 2 is 1.86 bits per heavy atom. The maximum absolute atomic E-state index is 13.1. The second kappa shape index (κ2) is 5.64. The highest BCUT2D eigenvalue weighted by atomic mass is 19.4. The average molecular weight is 297 g/mol. The summed E-state index contributed by atoms with van der Waals surface area (Å²) in [5.41, 5.74) is -0.768. The van der Waals surface area contributed by atoms with Gasteiger partial charge in [-0.2, -0.15) is 18.4 Å². The van der Waals surface area contributed by atoms with Crippen LogP contribution in [0.3, 0.4) is 0 Å². The first kappa shape index (κ1) is 15.2. The van der Waals surface area contributed by atoms with Crippen molar-refractivity contribution in [3.05, 3.63) is 29.3 Å². The minimum absolute atomic E-state index is 0.0200. The number of anilines is 1. The van der Waals surface area contributed by atoms with E-state index in [1.807, 2.05) is 0 Å². The molecule has 0 N–H and O–H groups in total. The lowest BCUT2D eigenvalue weighted by Crippen LogP contribution is -2.48. The summed E-state index contributed by atoms with van der Waals surface area (Å²) in [5.74, 6) is -0.0782. The molecule has 0 radical (unpaired) electrons. The van der Waals surface area contributed by atoms with Crippen LogP contribution in [0.15, 0.2) is 18.2 Å². The normalized spacial score (nSPS) is 15.8. The Labute approximate surface area is 120 Å². The molecular weight excluding hydrogens is 283 g/mol. The van der Waals surface area contributed by atoms with Gasteiger partial charge < -0.3 is 9.80 Å². The molecule has 0 saturated carbocycles. The van der Waals surface area contributed by atoms with Crippen molar-refractivity contribution < 1.29 is 18.0 Å². The van der Waals surface area contributed by atoms with E-state index in [-0.39, 0.29) is 17.2 Å². The second-order valence-electron chi connectivity index (χ2n) is 4.83. The van der Waals surface area contributed by atoms with E-state index in [2.05, 4.69) is 0 Å². The lowest BCUT2D eigenvalue weighted by molar-refractivity contribution is -0.137. The van der Waals surface area contributed by atoms with Gasteiger partial charge >= 0.3 is 6.18 Å². The number of halogens is 3. The molecule has 1 aromatic carbocycles. The highest BCUT2D eigenvalue weighted by Crippen LogP contribution is 2.37. The van der Waals surface area contributed by atoms with Crippen LogP contribution in [0.4, 0.5) is 18.9 Å². The highest BCUT2D eigenvalue weighted by molar-refractivity contribution is 5.73. The molecule has 1 aliphatic heterocycles. The number of carbonyl (C=O) groups excluding carboxylic acids is 1. The standard InChI is InChI=1S/C14H14F3N3O/c1-10(21)19-4-6-20(7-5-19)13-3-2-11(9-18)8-12(13)14(15,16)17/h2-3,8H,4-7H2,1H3. The predicted molar refractivity (Wildman–Crippen MR) is 70.6 cm³/mol. The van der Waals surface area contributed by atoms with Crippen LogP contribution >= 0.6 is 0 Å². The Morgan fingerprint density at radius 1 is 1.24 bits per heavy atom. The number of piperazine rings is 1. The van der Waals surface area contributed by atoms with Crippen LogP contribution in [0, 0.1) is 11.3 Å². The molecule has 0 aliphatic carbocycles. The Balaban J connectivity index is 2.29. The molecule has 4 nitrogen and oxygen atoms in total. The summed E-state index contributed by atoms with van der Waals surface area (Å²) in [4.78, 5) is 14.4. The minimum Gasteiger partial charge on any atom is -0.367 e.